The van der Waals surface area contributed by atoms with E-state index < -0.39 is 20.0 Å². The monoisotopic (exact) mass is 729 g/mol. The molecule has 0 fully saturated rings. The Hall–Kier alpha value is -1.02. The molecule has 3 atom stereocenters. The molecule has 0 spiro atoms. The maximum Gasteiger partial charge on any atom is 0.268 e. The summed E-state index contributed by atoms with van der Waals surface area (Å²) >= 11 is 0. The Bertz CT molecular complexity index is 876. The number of aliphatic hydroxyl groups excluding tert-OH is 1. The topological polar surface area (TPSA) is 108 Å². The zero-order chi connectivity index (χ0) is 37.2. The summed E-state index contributed by atoms with van der Waals surface area (Å²) in [5, 5.41) is 13.7. The van der Waals surface area contributed by atoms with E-state index in [4.69, 9.17) is 9.05 Å². The number of hydrogen-bond acceptors (Lipinski definition) is 6. The van der Waals surface area contributed by atoms with Crippen LogP contribution in [0.25, 0.3) is 0 Å². The molecule has 0 bridgehead atoms. The number of amides is 1. The van der Waals surface area contributed by atoms with Crippen molar-refractivity contribution in [3.63, 3.8) is 0 Å². The first-order valence-electron chi connectivity index (χ1n) is 20.7. The fourth-order valence-electron chi connectivity index (χ4n) is 5.79. The van der Waals surface area contributed by atoms with Gasteiger partial charge in [-0.05, 0) is 44.9 Å². The normalized spacial score (nSPS) is 14.8. The molecule has 0 saturated carbocycles. The first kappa shape index (κ1) is 49.0. The Morgan fingerprint density at radius 3 is 1.56 bits per heavy atom. The zero-order valence-corrected chi connectivity index (χ0v) is 34.2. The fourth-order valence-corrected chi connectivity index (χ4v) is 6.52. The number of quaternary nitrogens is 1. The highest BCUT2D eigenvalue weighted by Crippen LogP contribution is 2.38. The van der Waals surface area contributed by atoms with Crippen LogP contribution in [-0.4, -0.2) is 68.5 Å². The maximum absolute atomic E-state index is 12.8. The maximum atomic E-state index is 12.8. The van der Waals surface area contributed by atoms with Crippen molar-refractivity contribution < 1.29 is 32.9 Å². The number of unbranched alkanes of at least 4 members (excludes halogenated alkanes) is 22. The summed E-state index contributed by atoms with van der Waals surface area (Å²) < 4.78 is 23.1. The molecule has 0 radical (unpaired) electrons. The number of likely N-dealkylation sites (N-methyl/N-ethyl adjacent to an activating group) is 1. The van der Waals surface area contributed by atoms with Gasteiger partial charge >= 0.3 is 0 Å². The summed E-state index contributed by atoms with van der Waals surface area (Å²) in [7, 11) is 1.25. The molecule has 1 amide bonds. The van der Waals surface area contributed by atoms with Crippen LogP contribution >= 0.6 is 7.82 Å². The molecule has 1 unspecified atom stereocenters. The minimum atomic E-state index is -4.58. The first-order valence-corrected chi connectivity index (χ1v) is 22.2. The van der Waals surface area contributed by atoms with Crippen molar-refractivity contribution in [3.05, 3.63) is 24.3 Å². The average molecular weight is 729 g/mol. The lowest BCUT2D eigenvalue weighted by Crippen LogP contribution is -2.45. The third-order valence-electron chi connectivity index (χ3n) is 9.16. The average Bonchev–Trinajstić information content (AvgIpc) is 3.06. The number of carbonyl (C=O) groups is 1. The molecule has 0 rings (SSSR count). The van der Waals surface area contributed by atoms with E-state index in [1.54, 1.807) is 6.08 Å². The lowest BCUT2D eigenvalue weighted by Gasteiger charge is -2.29. The van der Waals surface area contributed by atoms with Crippen LogP contribution in [0.4, 0.5) is 0 Å². The number of phosphoric acid groups is 1. The Morgan fingerprint density at radius 2 is 1.10 bits per heavy atom. The summed E-state index contributed by atoms with van der Waals surface area (Å²) in [6.45, 7) is 4.62. The van der Waals surface area contributed by atoms with Gasteiger partial charge in [-0.2, -0.15) is 0 Å². The molecule has 8 nitrogen and oxygen atoms in total. The Balaban J connectivity index is 4.50. The largest absolute Gasteiger partial charge is 0.756 e. The number of hydrogen-bond donors (Lipinski definition) is 2. The van der Waals surface area contributed by atoms with Crippen molar-refractivity contribution in [1.82, 2.24) is 5.32 Å². The van der Waals surface area contributed by atoms with Crippen LogP contribution in [0, 0.1) is 0 Å². The van der Waals surface area contributed by atoms with Gasteiger partial charge in [0.2, 0.25) is 5.91 Å². The predicted molar refractivity (Wildman–Crippen MR) is 210 cm³/mol. The van der Waals surface area contributed by atoms with Crippen molar-refractivity contribution in [2.45, 2.75) is 193 Å². The highest BCUT2D eigenvalue weighted by Gasteiger charge is 2.23. The molecule has 0 aromatic heterocycles. The lowest BCUT2D eigenvalue weighted by atomic mass is 10.0. The number of nitrogens with zero attached hydrogens (tertiary/aromatic N) is 1. The van der Waals surface area contributed by atoms with E-state index in [0.717, 1.165) is 51.4 Å². The number of allylic oxidation sites excluding steroid dienone is 3. The standard InChI is InChI=1S/C41H81N2O6P/c1-6-8-10-12-14-16-18-20-21-23-25-27-29-31-33-35-41(45)42-39(38-49-50(46,47)48-37-36-43(3,4)5)40(44)34-32-30-28-26-24-22-19-17-15-13-11-9-7-2/h20-21,32,34,39-40,44H,6-19,22-31,33,35-38H2,1-5H3,(H-,42,45,46,47)/t39-,40+/m0/s1. The molecule has 296 valence electrons. The smallest absolute Gasteiger partial charge is 0.268 e. The zero-order valence-electron chi connectivity index (χ0n) is 33.4. The minimum Gasteiger partial charge on any atom is -0.756 e. The van der Waals surface area contributed by atoms with Crippen molar-refractivity contribution >= 4 is 13.7 Å². The van der Waals surface area contributed by atoms with E-state index in [-0.39, 0.29) is 19.1 Å². The molecule has 0 aliphatic rings. The minimum absolute atomic E-state index is 0.00179. The second-order valence-corrected chi connectivity index (χ2v) is 16.8. The van der Waals surface area contributed by atoms with Crippen LogP contribution in [0.2, 0.25) is 0 Å². The van der Waals surface area contributed by atoms with E-state index in [2.05, 4.69) is 31.3 Å². The molecule has 0 aromatic carbocycles. The molecular formula is C41H81N2O6P. The van der Waals surface area contributed by atoms with Gasteiger partial charge in [-0.1, -0.05) is 154 Å². The summed E-state index contributed by atoms with van der Waals surface area (Å²) in [6, 6.07) is -0.886. The molecule has 50 heavy (non-hydrogen) atoms. The van der Waals surface area contributed by atoms with E-state index in [1.165, 1.54) is 109 Å². The first-order chi connectivity index (χ1) is 24.0. The Labute approximate surface area is 309 Å². The van der Waals surface area contributed by atoms with Gasteiger partial charge in [0.15, 0.2) is 0 Å². The molecular weight excluding hydrogens is 647 g/mol. The van der Waals surface area contributed by atoms with E-state index in [1.807, 2.05) is 27.2 Å². The Morgan fingerprint density at radius 1 is 0.680 bits per heavy atom. The second kappa shape index (κ2) is 33.8. The van der Waals surface area contributed by atoms with Crippen LogP contribution in [0.15, 0.2) is 24.3 Å². The molecule has 0 saturated heterocycles. The molecule has 0 aliphatic carbocycles. The summed E-state index contributed by atoms with van der Waals surface area (Å²) in [5.74, 6) is -0.208. The van der Waals surface area contributed by atoms with Crippen LogP contribution in [0.1, 0.15) is 181 Å². The van der Waals surface area contributed by atoms with Crippen LogP contribution in [-0.2, 0) is 18.4 Å². The third-order valence-corrected chi connectivity index (χ3v) is 10.1. The molecule has 0 heterocycles. The number of carbonyl (C=O) groups excluding carboxylic acids is 1. The van der Waals surface area contributed by atoms with E-state index in [0.29, 0.717) is 17.4 Å². The fraction of sp³-hybridized carbons (Fsp3) is 0.878. The predicted octanol–water partition coefficient (Wildman–Crippen LogP) is 10.3. The molecule has 9 heteroatoms. The van der Waals surface area contributed by atoms with Gasteiger partial charge in [-0.15, -0.1) is 0 Å². The summed E-state index contributed by atoms with van der Waals surface area (Å²) in [4.78, 5) is 25.2. The van der Waals surface area contributed by atoms with Gasteiger partial charge in [0.05, 0.1) is 39.9 Å². The molecule has 0 aromatic rings. The van der Waals surface area contributed by atoms with Gasteiger partial charge in [0.1, 0.15) is 13.2 Å². The summed E-state index contributed by atoms with van der Waals surface area (Å²) in [5.41, 5.74) is 0. The molecule has 0 aliphatic heterocycles. The van der Waals surface area contributed by atoms with Crippen LogP contribution in [0.5, 0.6) is 0 Å². The van der Waals surface area contributed by atoms with E-state index >= 15 is 0 Å². The van der Waals surface area contributed by atoms with E-state index in [9.17, 15) is 19.4 Å². The van der Waals surface area contributed by atoms with Crippen molar-refractivity contribution in [2.24, 2.45) is 0 Å². The van der Waals surface area contributed by atoms with Gasteiger partial charge in [-0.25, -0.2) is 0 Å². The van der Waals surface area contributed by atoms with Crippen LogP contribution in [0.3, 0.4) is 0 Å². The van der Waals surface area contributed by atoms with Crippen molar-refractivity contribution in [3.8, 4) is 0 Å². The number of nitrogens with one attached hydrogen (secondary N) is 1. The van der Waals surface area contributed by atoms with Gasteiger partial charge in [0, 0.05) is 6.42 Å². The van der Waals surface area contributed by atoms with Gasteiger partial charge in [0.25, 0.3) is 7.82 Å². The van der Waals surface area contributed by atoms with Crippen molar-refractivity contribution in [1.29, 1.82) is 0 Å². The number of aliphatic hydroxyl groups is 1. The van der Waals surface area contributed by atoms with Crippen LogP contribution < -0.4 is 10.2 Å². The van der Waals surface area contributed by atoms with Crippen molar-refractivity contribution in [2.75, 3.05) is 40.9 Å². The second-order valence-electron chi connectivity index (χ2n) is 15.3. The number of rotatable bonds is 37. The van der Waals surface area contributed by atoms with Gasteiger partial charge < -0.3 is 28.8 Å². The Kier molecular flexibility index (Phi) is 33.1. The highest BCUT2D eigenvalue weighted by atomic mass is 31.2. The third kappa shape index (κ3) is 35.4. The molecule has 2 N–H and O–H groups in total. The quantitative estimate of drug-likeness (QED) is 0.0285. The summed E-state index contributed by atoms with van der Waals surface area (Å²) in [6.07, 6.45) is 37.8. The highest BCUT2D eigenvalue weighted by molar-refractivity contribution is 7.45. The lowest BCUT2D eigenvalue weighted by molar-refractivity contribution is -0.870. The van der Waals surface area contributed by atoms with Gasteiger partial charge in [-0.3, -0.25) is 9.36 Å². The number of phosphoric ester groups is 1. The SMILES string of the molecule is CCCCCCCCC=CCCCCCCCC(=O)N[C@@H](COP(=O)([O-])OCC[N+](C)(C)C)[C@H](O)C=CCCCCCCCCCCCCC.